The zero-order valence-electron chi connectivity index (χ0n) is 14.8. The molecule has 1 fully saturated rings. The summed E-state index contributed by atoms with van der Waals surface area (Å²) in [6.45, 7) is 2.82. The average molecular weight is 458 g/mol. The second-order valence-corrected chi connectivity index (χ2v) is 6.28. The quantitative estimate of drug-likeness (QED) is 0.363. The SMILES string of the molecule is CCC1CCC(NC(=NC)NCc2nc(-c3ccco3)n[nH]2)CC1.I. The van der Waals surface area contributed by atoms with Gasteiger partial charge in [-0.15, -0.1) is 29.1 Å². The molecule has 1 aliphatic rings. The lowest BCUT2D eigenvalue weighted by Gasteiger charge is -2.29. The minimum atomic E-state index is 0. The van der Waals surface area contributed by atoms with E-state index in [1.54, 1.807) is 13.3 Å². The first-order valence-electron chi connectivity index (χ1n) is 8.70. The van der Waals surface area contributed by atoms with Gasteiger partial charge in [-0.2, -0.15) is 0 Å². The van der Waals surface area contributed by atoms with Crippen molar-refractivity contribution in [3.05, 3.63) is 24.2 Å². The van der Waals surface area contributed by atoms with Gasteiger partial charge < -0.3 is 15.1 Å². The molecule has 138 valence electrons. The molecule has 0 unspecified atom stereocenters. The molecule has 1 saturated carbocycles. The summed E-state index contributed by atoms with van der Waals surface area (Å²) in [4.78, 5) is 8.73. The first-order chi connectivity index (χ1) is 11.8. The standard InChI is InChI=1S/C17H26N6O.HI/c1-3-12-6-8-13(9-7-12)20-17(18-2)19-11-15-21-16(23-22-15)14-5-4-10-24-14;/h4-5,10,12-13H,3,6-9,11H2,1-2H3,(H2,18,19,20)(H,21,22,23);1H. The van der Waals surface area contributed by atoms with Crippen LogP contribution in [-0.2, 0) is 6.54 Å². The van der Waals surface area contributed by atoms with Crippen molar-refractivity contribution in [3.8, 4) is 11.6 Å². The molecular formula is C17H27IN6O. The second kappa shape index (κ2) is 9.79. The highest BCUT2D eigenvalue weighted by atomic mass is 127. The number of furan rings is 1. The summed E-state index contributed by atoms with van der Waals surface area (Å²) in [7, 11) is 1.79. The van der Waals surface area contributed by atoms with Crippen molar-refractivity contribution in [2.45, 2.75) is 51.6 Å². The zero-order valence-corrected chi connectivity index (χ0v) is 17.1. The number of aromatic amines is 1. The van der Waals surface area contributed by atoms with Crippen LogP contribution in [-0.4, -0.2) is 34.2 Å². The van der Waals surface area contributed by atoms with Crippen molar-refractivity contribution < 1.29 is 4.42 Å². The summed E-state index contributed by atoms with van der Waals surface area (Å²) in [5.41, 5.74) is 0. The summed E-state index contributed by atoms with van der Waals surface area (Å²) >= 11 is 0. The summed E-state index contributed by atoms with van der Waals surface area (Å²) in [6, 6.07) is 4.17. The monoisotopic (exact) mass is 458 g/mol. The van der Waals surface area contributed by atoms with Crippen molar-refractivity contribution >= 4 is 29.9 Å². The topological polar surface area (TPSA) is 91.1 Å². The maximum Gasteiger partial charge on any atom is 0.216 e. The van der Waals surface area contributed by atoms with Gasteiger partial charge in [0.15, 0.2) is 11.7 Å². The lowest BCUT2D eigenvalue weighted by molar-refractivity contribution is 0.304. The maximum absolute atomic E-state index is 5.30. The number of rotatable bonds is 5. The molecule has 0 aliphatic heterocycles. The highest BCUT2D eigenvalue weighted by Gasteiger charge is 2.20. The molecule has 0 bridgehead atoms. The molecule has 3 rings (SSSR count). The van der Waals surface area contributed by atoms with Gasteiger partial charge >= 0.3 is 0 Å². The number of nitrogens with one attached hydrogen (secondary N) is 3. The highest BCUT2D eigenvalue weighted by Crippen LogP contribution is 2.26. The largest absolute Gasteiger partial charge is 0.461 e. The van der Waals surface area contributed by atoms with E-state index >= 15 is 0 Å². The Hall–Kier alpha value is -1.58. The van der Waals surface area contributed by atoms with Crippen molar-refractivity contribution in [2.75, 3.05) is 7.05 Å². The van der Waals surface area contributed by atoms with E-state index in [1.165, 1.54) is 32.1 Å². The number of halogens is 1. The van der Waals surface area contributed by atoms with E-state index in [1.807, 2.05) is 12.1 Å². The molecular weight excluding hydrogens is 431 g/mol. The summed E-state index contributed by atoms with van der Waals surface area (Å²) < 4.78 is 5.30. The van der Waals surface area contributed by atoms with Gasteiger partial charge in [0.1, 0.15) is 5.82 Å². The lowest BCUT2D eigenvalue weighted by atomic mass is 9.84. The Labute approximate surface area is 165 Å². The molecule has 0 amide bonds. The van der Waals surface area contributed by atoms with Crippen molar-refractivity contribution in [1.29, 1.82) is 0 Å². The van der Waals surface area contributed by atoms with Crippen LogP contribution in [0.25, 0.3) is 11.6 Å². The zero-order chi connectivity index (χ0) is 16.8. The summed E-state index contributed by atoms with van der Waals surface area (Å²) in [5.74, 6) is 3.68. The third kappa shape index (κ3) is 5.45. The minimum Gasteiger partial charge on any atom is -0.461 e. The molecule has 2 heterocycles. The van der Waals surface area contributed by atoms with E-state index in [4.69, 9.17) is 4.42 Å². The van der Waals surface area contributed by atoms with Gasteiger partial charge in [0.25, 0.3) is 0 Å². The van der Waals surface area contributed by atoms with E-state index < -0.39 is 0 Å². The Morgan fingerprint density at radius 1 is 1.36 bits per heavy atom. The Kier molecular flexibility index (Phi) is 7.73. The number of H-pyrrole nitrogens is 1. The van der Waals surface area contributed by atoms with Crippen LogP contribution in [0.15, 0.2) is 27.8 Å². The molecule has 7 nitrogen and oxygen atoms in total. The fourth-order valence-electron chi connectivity index (χ4n) is 3.16. The number of nitrogens with zero attached hydrogens (tertiary/aromatic N) is 3. The van der Waals surface area contributed by atoms with E-state index in [9.17, 15) is 0 Å². The number of hydrogen-bond acceptors (Lipinski definition) is 4. The molecule has 3 N–H and O–H groups in total. The molecule has 8 heteroatoms. The second-order valence-electron chi connectivity index (χ2n) is 6.28. The molecule has 0 aromatic carbocycles. The van der Waals surface area contributed by atoms with Crippen molar-refractivity contribution in [3.63, 3.8) is 0 Å². The Balaban J connectivity index is 0.00000225. The number of aromatic nitrogens is 3. The van der Waals surface area contributed by atoms with E-state index in [-0.39, 0.29) is 24.0 Å². The fraction of sp³-hybridized carbons (Fsp3) is 0.588. The Morgan fingerprint density at radius 2 is 2.16 bits per heavy atom. The van der Waals surface area contributed by atoms with Gasteiger partial charge in [-0.05, 0) is 43.7 Å². The van der Waals surface area contributed by atoms with Crippen LogP contribution < -0.4 is 10.6 Å². The van der Waals surface area contributed by atoms with Gasteiger partial charge in [-0.1, -0.05) is 13.3 Å². The van der Waals surface area contributed by atoms with Crippen LogP contribution in [0.4, 0.5) is 0 Å². The van der Waals surface area contributed by atoms with Crippen LogP contribution in [0.1, 0.15) is 44.9 Å². The minimum absolute atomic E-state index is 0. The van der Waals surface area contributed by atoms with E-state index in [2.05, 4.69) is 37.7 Å². The predicted molar refractivity (Wildman–Crippen MR) is 109 cm³/mol. The summed E-state index contributed by atoms with van der Waals surface area (Å²) in [5, 5.41) is 13.9. The summed E-state index contributed by atoms with van der Waals surface area (Å²) in [6.07, 6.45) is 7.94. The van der Waals surface area contributed by atoms with Crippen molar-refractivity contribution in [1.82, 2.24) is 25.8 Å². The predicted octanol–water partition coefficient (Wildman–Crippen LogP) is 3.32. The van der Waals surface area contributed by atoms with Crippen molar-refractivity contribution in [2.24, 2.45) is 10.9 Å². The third-order valence-corrected chi connectivity index (χ3v) is 4.69. The lowest BCUT2D eigenvalue weighted by Crippen LogP contribution is -2.44. The first kappa shape index (κ1) is 19.7. The highest BCUT2D eigenvalue weighted by molar-refractivity contribution is 14.0. The molecule has 2 aromatic rings. The molecule has 0 saturated heterocycles. The first-order valence-corrected chi connectivity index (χ1v) is 8.70. The maximum atomic E-state index is 5.30. The molecule has 0 atom stereocenters. The van der Waals surface area contributed by atoms with Crippen LogP contribution in [0.3, 0.4) is 0 Å². The number of guanidine groups is 1. The Bertz CT molecular complexity index is 646. The van der Waals surface area contributed by atoms with Crippen LogP contribution in [0.5, 0.6) is 0 Å². The normalized spacial score (nSPS) is 20.8. The fourth-order valence-corrected chi connectivity index (χ4v) is 3.16. The van der Waals surface area contributed by atoms with Gasteiger partial charge in [-0.3, -0.25) is 10.1 Å². The number of hydrogen-bond donors (Lipinski definition) is 3. The molecule has 0 spiro atoms. The van der Waals surface area contributed by atoms with E-state index in [0.717, 1.165) is 17.7 Å². The van der Waals surface area contributed by atoms with Gasteiger partial charge in [0, 0.05) is 13.1 Å². The number of aliphatic imine (C=N–C) groups is 1. The van der Waals surface area contributed by atoms with Crippen LogP contribution in [0.2, 0.25) is 0 Å². The Morgan fingerprint density at radius 3 is 2.80 bits per heavy atom. The van der Waals surface area contributed by atoms with Crippen LogP contribution in [0, 0.1) is 5.92 Å². The molecule has 25 heavy (non-hydrogen) atoms. The average Bonchev–Trinajstić information content (AvgIpc) is 3.30. The molecule has 1 aliphatic carbocycles. The van der Waals surface area contributed by atoms with Gasteiger partial charge in [-0.25, -0.2) is 4.98 Å². The molecule has 2 aromatic heterocycles. The van der Waals surface area contributed by atoms with Crippen LogP contribution >= 0.6 is 24.0 Å². The van der Waals surface area contributed by atoms with Gasteiger partial charge in [0.05, 0.1) is 12.8 Å². The van der Waals surface area contributed by atoms with E-state index in [0.29, 0.717) is 24.2 Å². The third-order valence-electron chi connectivity index (χ3n) is 4.69. The smallest absolute Gasteiger partial charge is 0.216 e. The van der Waals surface area contributed by atoms with Gasteiger partial charge in [0.2, 0.25) is 5.82 Å². The molecule has 0 radical (unpaired) electrons.